The number of rotatable bonds is 4. The molecule has 1 N–H and O–H groups in total. The maximum absolute atomic E-state index is 12.3. The first-order valence-corrected chi connectivity index (χ1v) is 7.11. The third kappa shape index (κ3) is 2.30. The van der Waals surface area contributed by atoms with Gasteiger partial charge in [0, 0.05) is 44.0 Å². The van der Waals surface area contributed by atoms with E-state index in [9.17, 15) is 4.79 Å². The van der Waals surface area contributed by atoms with Gasteiger partial charge in [-0.1, -0.05) is 11.6 Å². The normalized spacial score (nSPS) is 31.5. The first kappa shape index (κ1) is 13.8. The van der Waals surface area contributed by atoms with E-state index < -0.39 is 0 Å². The van der Waals surface area contributed by atoms with Gasteiger partial charge in [-0.2, -0.15) is 0 Å². The number of nitrogens with zero attached hydrogens (tertiary/aromatic N) is 1. The van der Waals surface area contributed by atoms with Gasteiger partial charge in [-0.05, 0) is 12.5 Å². The minimum atomic E-state index is -0.158. The van der Waals surface area contributed by atoms with E-state index in [2.05, 4.69) is 10.3 Å². The van der Waals surface area contributed by atoms with Gasteiger partial charge in [0.05, 0.1) is 23.3 Å². The summed E-state index contributed by atoms with van der Waals surface area (Å²) in [6.45, 7) is 1.36. The van der Waals surface area contributed by atoms with Crippen LogP contribution in [0.3, 0.4) is 0 Å². The van der Waals surface area contributed by atoms with Crippen LogP contribution in [-0.2, 0) is 9.47 Å². The number of aromatic nitrogens is 1. The van der Waals surface area contributed by atoms with Gasteiger partial charge in [0.25, 0.3) is 5.91 Å². The second-order valence-corrected chi connectivity index (χ2v) is 5.67. The number of pyridine rings is 1. The summed E-state index contributed by atoms with van der Waals surface area (Å²) in [5.74, 6) is 0.450. The van der Waals surface area contributed by atoms with Crippen LogP contribution in [0.1, 0.15) is 16.8 Å². The van der Waals surface area contributed by atoms with E-state index in [1.807, 2.05) is 0 Å². The van der Waals surface area contributed by atoms with Gasteiger partial charge >= 0.3 is 0 Å². The van der Waals surface area contributed by atoms with Crippen molar-refractivity contribution in [2.24, 2.45) is 11.8 Å². The average molecular weight is 297 g/mol. The number of hydrogen-bond donors (Lipinski definition) is 1. The molecule has 3 rings (SSSR count). The molecule has 0 unspecified atom stereocenters. The lowest BCUT2D eigenvalue weighted by Crippen LogP contribution is -2.62. The lowest BCUT2D eigenvalue weighted by Gasteiger charge is -2.47. The Morgan fingerprint density at radius 2 is 2.50 bits per heavy atom. The molecule has 6 heteroatoms. The Morgan fingerprint density at radius 3 is 3.25 bits per heavy atom. The van der Waals surface area contributed by atoms with Crippen LogP contribution in [0, 0.1) is 11.8 Å². The largest absolute Gasteiger partial charge is 0.384 e. The minimum absolute atomic E-state index is 0.0965. The van der Waals surface area contributed by atoms with Gasteiger partial charge in [-0.3, -0.25) is 9.78 Å². The zero-order valence-electron chi connectivity index (χ0n) is 11.2. The fraction of sp³-hybridized carbons (Fsp3) is 0.571. The van der Waals surface area contributed by atoms with E-state index in [0.717, 1.165) is 13.0 Å². The standard InChI is InChI=1S/C14H17ClN2O3/c1-19-7-10-12(9-3-5-20-13(9)10)17-14(18)8-2-4-16-6-11(8)15/h2,4,6,9-10,12-13H,3,5,7H2,1H3,(H,17,18)/t9-,10+,12+,13-/m0/s1. The molecule has 0 radical (unpaired) electrons. The first-order chi connectivity index (χ1) is 9.72. The van der Waals surface area contributed by atoms with Crippen molar-refractivity contribution in [3.63, 3.8) is 0 Å². The molecule has 1 aromatic heterocycles. The second kappa shape index (κ2) is 5.68. The van der Waals surface area contributed by atoms with Crippen LogP contribution in [0.2, 0.25) is 5.02 Å². The SMILES string of the molecule is COC[C@@H]1[C@H](NC(=O)c2ccncc2Cl)[C@@H]2CCO[C@H]12. The Bertz CT molecular complexity index is 511. The van der Waals surface area contributed by atoms with E-state index in [1.165, 1.54) is 6.20 Å². The highest BCUT2D eigenvalue weighted by Crippen LogP contribution is 2.43. The molecule has 0 aromatic carbocycles. The van der Waals surface area contributed by atoms with Gasteiger partial charge in [0.2, 0.25) is 0 Å². The summed E-state index contributed by atoms with van der Waals surface area (Å²) in [7, 11) is 1.67. The van der Waals surface area contributed by atoms with Gasteiger partial charge in [0.1, 0.15) is 0 Å². The molecule has 20 heavy (non-hydrogen) atoms. The Hall–Kier alpha value is -1.17. The number of ether oxygens (including phenoxy) is 2. The maximum atomic E-state index is 12.3. The van der Waals surface area contributed by atoms with Crippen molar-refractivity contribution >= 4 is 17.5 Å². The molecular formula is C14H17ClN2O3. The minimum Gasteiger partial charge on any atom is -0.384 e. The van der Waals surface area contributed by atoms with E-state index in [0.29, 0.717) is 23.1 Å². The van der Waals surface area contributed by atoms with Crippen molar-refractivity contribution < 1.29 is 14.3 Å². The molecule has 1 amide bonds. The second-order valence-electron chi connectivity index (χ2n) is 5.26. The first-order valence-electron chi connectivity index (χ1n) is 6.73. The average Bonchev–Trinajstić information content (AvgIpc) is 2.87. The zero-order valence-corrected chi connectivity index (χ0v) is 12.0. The van der Waals surface area contributed by atoms with Gasteiger partial charge < -0.3 is 14.8 Å². The van der Waals surface area contributed by atoms with E-state index >= 15 is 0 Å². The molecule has 4 atom stereocenters. The smallest absolute Gasteiger partial charge is 0.253 e. The molecule has 1 aliphatic heterocycles. The predicted octanol–water partition coefficient (Wildman–Crippen LogP) is 1.51. The molecule has 1 aliphatic carbocycles. The molecule has 108 valence electrons. The molecule has 0 bridgehead atoms. The molecule has 0 spiro atoms. The summed E-state index contributed by atoms with van der Waals surface area (Å²) in [5.41, 5.74) is 0.459. The molecule has 2 fully saturated rings. The number of methoxy groups -OCH3 is 1. The van der Waals surface area contributed by atoms with Crippen LogP contribution in [0.25, 0.3) is 0 Å². The van der Waals surface area contributed by atoms with Crippen molar-refractivity contribution in [1.29, 1.82) is 0 Å². The van der Waals surface area contributed by atoms with E-state index in [4.69, 9.17) is 21.1 Å². The third-order valence-corrected chi connectivity index (χ3v) is 4.50. The predicted molar refractivity (Wildman–Crippen MR) is 73.7 cm³/mol. The zero-order chi connectivity index (χ0) is 14.1. The monoisotopic (exact) mass is 296 g/mol. The number of halogens is 1. The number of carbonyl (C=O) groups is 1. The maximum Gasteiger partial charge on any atom is 0.253 e. The summed E-state index contributed by atoms with van der Waals surface area (Å²) in [6.07, 6.45) is 4.24. The van der Waals surface area contributed by atoms with Crippen molar-refractivity contribution in [2.75, 3.05) is 20.3 Å². The van der Waals surface area contributed by atoms with E-state index in [-0.39, 0.29) is 24.0 Å². The van der Waals surface area contributed by atoms with Crippen molar-refractivity contribution in [2.45, 2.75) is 18.6 Å². The molecular weight excluding hydrogens is 280 g/mol. The number of amides is 1. The number of fused-ring (bicyclic) bond motifs is 1. The molecule has 2 aliphatic rings. The Kier molecular flexibility index (Phi) is 3.92. The molecule has 1 saturated heterocycles. The molecule has 1 aromatic rings. The van der Waals surface area contributed by atoms with Crippen molar-refractivity contribution in [1.82, 2.24) is 10.3 Å². The highest BCUT2D eigenvalue weighted by molar-refractivity contribution is 6.33. The highest BCUT2D eigenvalue weighted by atomic mass is 35.5. The third-order valence-electron chi connectivity index (χ3n) is 4.20. The fourth-order valence-electron chi connectivity index (χ4n) is 3.22. The fourth-order valence-corrected chi connectivity index (χ4v) is 3.43. The van der Waals surface area contributed by atoms with Gasteiger partial charge in [0.15, 0.2) is 0 Å². The highest BCUT2D eigenvalue weighted by Gasteiger charge is 2.54. The summed E-state index contributed by atoms with van der Waals surface area (Å²) in [6, 6.07) is 1.73. The number of nitrogens with one attached hydrogen (secondary N) is 1. The summed E-state index contributed by atoms with van der Waals surface area (Å²) in [5, 5.41) is 3.44. The Labute approximate surface area is 122 Å². The van der Waals surface area contributed by atoms with Gasteiger partial charge in [-0.25, -0.2) is 0 Å². The van der Waals surface area contributed by atoms with Crippen LogP contribution >= 0.6 is 11.6 Å². The quantitative estimate of drug-likeness (QED) is 0.915. The number of carbonyl (C=O) groups excluding carboxylic acids is 1. The lowest BCUT2D eigenvalue weighted by molar-refractivity contribution is -0.0809. The van der Waals surface area contributed by atoms with Crippen LogP contribution in [0.15, 0.2) is 18.5 Å². The molecule has 1 saturated carbocycles. The summed E-state index contributed by atoms with van der Waals surface area (Å²) >= 11 is 6.00. The Balaban J connectivity index is 1.70. The van der Waals surface area contributed by atoms with Crippen LogP contribution < -0.4 is 5.32 Å². The number of hydrogen-bond acceptors (Lipinski definition) is 4. The molecule has 5 nitrogen and oxygen atoms in total. The van der Waals surface area contributed by atoms with Crippen LogP contribution in [-0.4, -0.2) is 43.4 Å². The summed E-state index contributed by atoms with van der Waals surface area (Å²) in [4.78, 5) is 16.2. The summed E-state index contributed by atoms with van der Waals surface area (Å²) < 4.78 is 10.9. The van der Waals surface area contributed by atoms with Crippen LogP contribution in [0.4, 0.5) is 0 Å². The Morgan fingerprint density at radius 1 is 1.65 bits per heavy atom. The van der Waals surface area contributed by atoms with Crippen molar-refractivity contribution in [3.05, 3.63) is 29.0 Å². The van der Waals surface area contributed by atoms with Crippen molar-refractivity contribution in [3.8, 4) is 0 Å². The van der Waals surface area contributed by atoms with Crippen LogP contribution in [0.5, 0.6) is 0 Å². The topological polar surface area (TPSA) is 60.5 Å². The van der Waals surface area contributed by atoms with E-state index in [1.54, 1.807) is 19.4 Å². The molecule has 2 heterocycles. The van der Waals surface area contributed by atoms with Gasteiger partial charge in [-0.15, -0.1) is 0 Å². The lowest BCUT2D eigenvalue weighted by atomic mass is 9.67.